The number of nitrogens with zero attached hydrogens (tertiary/aromatic N) is 2. The third kappa shape index (κ3) is 8.27. The SMILES string of the molecule is COC(=O)N[C@@H](Cc1ccccc1)C(=O)N[C@@H](CN(c1ccccc1)S(=O)(=O)O)c1nc(-c2ccc(Cl)cc2)cs1. The molecule has 3 aromatic carbocycles. The number of carbonyl (C=O) groups excluding carboxylic acids is 2. The zero-order chi connectivity index (χ0) is 29.4. The quantitative estimate of drug-likeness (QED) is 0.204. The predicted molar refractivity (Wildman–Crippen MR) is 158 cm³/mol. The van der Waals surface area contributed by atoms with Gasteiger partial charge in [0.2, 0.25) is 5.91 Å². The highest BCUT2D eigenvalue weighted by atomic mass is 35.5. The second kappa shape index (κ2) is 13.6. The van der Waals surface area contributed by atoms with Crippen LogP contribution in [0.1, 0.15) is 16.6 Å². The number of ether oxygens (including phenoxy) is 1. The van der Waals surface area contributed by atoms with Crippen LogP contribution in [-0.4, -0.2) is 49.7 Å². The lowest BCUT2D eigenvalue weighted by Gasteiger charge is -2.27. The standard InChI is InChI=1S/C28H27ClN4O6S2/c1-39-28(35)32-23(16-19-8-4-2-5-9-19)26(34)30-24(17-33(41(36,37)38)22-10-6-3-7-11-22)27-31-25(18-40-27)20-12-14-21(29)15-13-20/h2-15,18,23-24H,16-17H2,1H3,(H,30,34)(H,32,35)(H,36,37,38)/t23-,24-/m0/s1. The molecule has 2 atom stereocenters. The smallest absolute Gasteiger partial charge is 0.407 e. The van der Waals surface area contributed by atoms with Crippen molar-refractivity contribution in [1.29, 1.82) is 0 Å². The van der Waals surface area contributed by atoms with E-state index in [1.807, 2.05) is 30.3 Å². The second-order valence-electron chi connectivity index (χ2n) is 8.86. The highest BCUT2D eigenvalue weighted by molar-refractivity contribution is 7.87. The third-order valence-electron chi connectivity index (χ3n) is 6.02. The maximum atomic E-state index is 13.6. The molecule has 0 fully saturated rings. The first-order chi connectivity index (χ1) is 19.6. The summed E-state index contributed by atoms with van der Waals surface area (Å²) in [6.45, 7) is -0.377. The number of aromatic nitrogens is 1. The first kappa shape index (κ1) is 30.0. The number of thiazole rings is 1. The molecule has 2 amide bonds. The van der Waals surface area contributed by atoms with Crippen LogP contribution in [0, 0.1) is 0 Å². The molecular formula is C28H27ClN4O6S2. The van der Waals surface area contributed by atoms with Crippen molar-refractivity contribution in [2.24, 2.45) is 0 Å². The fraction of sp³-hybridized carbons (Fsp3) is 0.179. The van der Waals surface area contributed by atoms with Crippen LogP contribution in [0.5, 0.6) is 0 Å². The summed E-state index contributed by atoms with van der Waals surface area (Å²) in [5.41, 5.74) is 2.33. The molecule has 13 heteroatoms. The highest BCUT2D eigenvalue weighted by Gasteiger charge is 2.31. The lowest BCUT2D eigenvalue weighted by Crippen LogP contribution is -2.50. The molecule has 0 aliphatic heterocycles. The van der Waals surface area contributed by atoms with Gasteiger partial charge in [0, 0.05) is 22.4 Å². The van der Waals surface area contributed by atoms with Crippen molar-refractivity contribution in [3.05, 3.63) is 106 Å². The molecule has 0 aliphatic rings. The number of rotatable bonds is 11. The summed E-state index contributed by atoms with van der Waals surface area (Å²) in [4.78, 5) is 30.4. The summed E-state index contributed by atoms with van der Waals surface area (Å²) in [6.07, 6.45) is -0.663. The lowest BCUT2D eigenvalue weighted by atomic mass is 10.0. The molecule has 4 rings (SSSR count). The molecule has 0 saturated heterocycles. The van der Waals surface area contributed by atoms with E-state index in [0.29, 0.717) is 15.7 Å². The number of hydrogen-bond acceptors (Lipinski definition) is 7. The summed E-state index contributed by atoms with van der Waals surface area (Å²) in [6, 6.07) is 22.0. The van der Waals surface area contributed by atoms with Crippen molar-refractivity contribution in [3.8, 4) is 11.3 Å². The van der Waals surface area contributed by atoms with Gasteiger partial charge in [0.05, 0.1) is 31.1 Å². The Kier molecular flexibility index (Phi) is 9.95. The molecule has 4 aromatic rings. The summed E-state index contributed by atoms with van der Waals surface area (Å²) in [5, 5.41) is 8.08. The number of alkyl carbamates (subject to hydrolysis) is 1. The molecular weight excluding hydrogens is 588 g/mol. The van der Waals surface area contributed by atoms with Crippen LogP contribution >= 0.6 is 22.9 Å². The Labute approximate surface area is 246 Å². The zero-order valence-corrected chi connectivity index (χ0v) is 24.2. The summed E-state index contributed by atoms with van der Waals surface area (Å²) < 4.78 is 40.5. The Morgan fingerprint density at radius 1 is 1.00 bits per heavy atom. The van der Waals surface area contributed by atoms with Gasteiger partial charge >= 0.3 is 16.4 Å². The summed E-state index contributed by atoms with van der Waals surface area (Å²) in [7, 11) is -3.56. The van der Waals surface area contributed by atoms with E-state index in [2.05, 4.69) is 15.6 Å². The fourth-order valence-corrected chi connectivity index (χ4v) is 5.73. The minimum atomic E-state index is -4.74. The van der Waals surface area contributed by atoms with Gasteiger partial charge in [-0.3, -0.25) is 9.35 Å². The Bertz CT molecular complexity index is 1570. The number of carbonyl (C=O) groups is 2. The van der Waals surface area contributed by atoms with Crippen LogP contribution in [0.25, 0.3) is 11.3 Å². The average molecular weight is 615 g/mol. The van der Waals surface area contributed by atoms with Crippen molar-refractivity contribution >= 4 is 50.9 Å². The van der Waals surface area contributed by atoms with E-state index in [4.69, 9.17) is 16.3 Å². The van der Waals surface area contributed by atoms with E-state index < -0.39 is 34.4 Å². The van der Waals surface area contributed by atoms with E-state index in [1.54, 1.807) is 47.8 Å². The number of hydrogen-bond donors (Lipinski definition) is 3. The maximum Gasteiger partial charge on any atom is 0.407 e. The lowest BCUT2D eigenvalue weighted by molar-refractivity contribution is -0.123. The van der Waals surface area contributed by atoms with Crippen molar-refractivity contribution in [3.63, 3.8) is 0 Å². The number of methoxy groups -OCH3 is 1. The van der Waals surface area contributed by atoms with Crippen molar-refractivity contribution in [2.45, 2.75) is 18.5 Å². The highest BCUT2D eigenvalue weighted by Crippen LogP contribution is 2.29. The summed E-state index contributed by atoms with van der Waals surface area (Å²) in [5.74, 6) is -0.601. The normalized spacial score (nSPS) is 12.7. The molecule has 41 heavy (non-hydrogen) atoms. The molecule has 0 aliphatic carbocycles. The Morgan fingerprint density at radius 3 is 2.24 bits per heavy atom. The topological polar surface area (TPSA) is 138 Å². The van der Waals surface area contributed by atoms with Gasteiger partial charge in [-0.15, -0.1) is 11.3 Å². The fourth-order valence-electron chi connectivity index (χ4n) is 4.01. The van der Waals surface area contributed by atoms with E-state index in [9.17, 15) is 22.6 Å². The minimum Gasteiger partial charge on any atom is -0.453 e. The van der Waals surface area contributed by atoms with E-state index in [1.165, 1.54) is 30.6 Å². The van der Waals surface area contributed by atoms with Crippen molar-refractivity contribution < 1.29 is 27.3 Å². The number of para-hydroxylation sites is 1. The van der Waals surface area contributed by atoms with E-state index >= 15 is 0 Å². The number of amides is 2. The van der Waals surface area contributed by atoms with Gasteiger partial charge in [-0.1, -0.05) is 72.3 Å². The minimum absolute atomic E-state index is 0.142. The molecule has 0 spiro atoms. The second-order valence-corrected chi connectivity index (χ2v) is 11.5. The van der Waals surface area contributed by atoms with E-state index in [-0.39, 0.29) is 18.7 Å². The van der Waals surface area contributed by atoms with Gasteiger partial charge in [-0.05, 0) is 29.8 Å². The molecule has 0 unspecified atom stereocenters. The summed E-state index contributed by atoms with van der Waals surface area (Å²) >= 11 is 7.22. The monoisotopic (exact) mass is 614 g/mol. The predicted octanol–water partition coefficient (Wildman–Crippen LogP) is 4.90. The van der Waals surface area contributed by atoms with Crippen LogP contribution in [0.3, 0.4) is 0 Å². The molecule has 0 saturated carbocycles. The first-order valence-electron chi connectivity index (χ1n) is 12.3. The number of nitrogens with one attached hydrogen (secondary N) is 2. The molecule has 1 aromatic heterocycles. The largest absolute Gasteiger partial charge is 0.453 e. The molecule has 10 nitrogen and oxygen atoms in total. The molecule has 0 bridgehead atoms. The first-order valence-corrected chi connectivity index (χ1v) is 15.0. The molecule has 3 N–H and O–H groups in total. The Balaban J connectivity index is 1.69. The van der Waals surface area contributed by atoms with Crippen LogP contribution in [0.15, 0.2) is 90.3 Å². The van der Waals surface area contributed by atoms with Gasteiger partial charge in [-0.2, -0.15) is 8.42 Å². The van der Waals surface area contributed by atoms with Gasteiger partial charge in [0.25, 0.3) is 0 Å². The average Bonchev–Trinajstić information content (AvgIpc) is 3.45. The van der Waals surface area contributed by atoms with Crippen LogP contribution in [0.4, 0.5) is 10.5 Å². The number of anilines is 1. The van der Waals surface area contributed by atoms with Gasteiger partial charge in [-0.25, -0.2) is 14.1 Å². The van der Waals surface area contributed by atoms with Crippen LogP contribution in [0.2, 0.25) is 5.02 Å². The Morgan fingerprint density at radius 2 is 1.63 bits per heavy atom. The van der Waals surface area contributed by atoms with Gasteiger partial charge in [0.1, 0.15) is 11.0 Å². The van der Waals surface area contributed by atoms with Crippen molar-refractivity contribution in [2.75, 3.05) is 18.0 Å². The number of halogens is 1. The third-order valence-corrected chi connectivity index (χ3v) is 8.15. The van der Waals surface area contributed by atoms with Gasteiger partial charge in [0.15, 0.2) is 0 Å². The van der Waals surface area contributed by atoms with Crippen molar-refractivity contribution in [1.82, 2.24) is 15.6 Å². The van der Waals surface area contributed by atoms with Gasteiger partial charge < -0.3 is 15.4 Å². The molecule has 0 radical (unpaired) electrons. The zero-order valence-electron chi connectivity index (χ0n) is 21.8. The molecule has 1 heterocycles. The number of benzene rings is 3. The van der Waals surface area contributed by atoms with Crippen LogP contribution < -0.4 is 14.9 Å². The maximum absolute atomic E-state index is 13.6. The van der Waals surface area contributed by atoms with E-state index in [0.717, 1.165) is 15.4 Å². The van der Waals surface area contributed by atoms with Crippen LogP contribution in [-0.2, 0) is 26.3 Å². The molecule has 214 valence electrons. The Hall–Kier alpha value is -3.97.